The lowest BCUT2D eigenvalue weighted by atomic mass is 10.0. The summed E-state index contributed by atoms with van der Waals surface area (Å²) in [6.07, 6.45) is 8.23. The summed E-state index contributed by atoms with van der Waals surface area (Å²) in [5.41, 5.74) is 1.26. The third-order valence-electron chi connectivity index (χ3n) is 4.16. The minimum Gasteiger partial charge on any atom is -0.506 e. The smallest absolute Gasteiger partial charge is 0.262 e. The Morgan fingerprint density at radius 1 is 1.20 bits per heavy atom. The minimum atomic E-state index is -0.366. The maximum atomic E-state index is 12.2. The van der Waals surface area contributed by atoms with Gasteiger partial charge in [0.1, 0.15) is 17.4 Å². The maximum absolute atomic E-state index is 12.2. The number of nitrogens with one attached hydrogen (secondary N) is 1. The first-order valence-corrected chi connectivity index (χ1v) is 9.27. The molecule has 0 atom stereocenters. The number of nitriles is 1. The van der Waals surface area contributed by atoms with Crippen LogP contribution in [0.2, 0.25) is 5.02 Å². The average molecular weight is 363 g/mol. The van der Waals surface area contributed by atoms with E-state index in [1.165, 1.54) is 38.2 Å². The Hall–Kier alpha value is -1.99. The first-order chi connectivity index (χ1) is 12.0. The third kappa shape index (κ3) is 7.19. The van der Waals surface area contributed by atoms with Crippen LogP contribution in [-0.4, -0.2) is 17.6 Å². The second-order valence-electron chi connectivity index (χ2n) is 6.16. The molecule has 136 valence electrons. The van der Waals surface area contributed by atoms with E-state index in [9.17, 15) is 15.2 Å². The molecule has 0 saturated carbocycles. The van der Waals surface area contributed by atoms with Gasteiger partial charge in [0.05, 0.1) is 5.02 Å². The van der Waals surface area contributed by atoms with Crippen molar-refractivity contribution >= 4 is 23.1 Å². The van der Waals surface area contributed by atoms with E-state index in [1.54, 1.807) is 19.1 Å². The van der Waals surface area contributed by atoms with Crippen molar-refractivity contribution in [3.63, 3.8) is 0 Å². The topological polar surface area (TPSA) is 73.1 Å². The van der Waals surface area contributed by atoms with Crippen LogP contribution in [0.4, 0.5) is 0 Å². The first-order valence-electron chi connectivity index (χ1n) is 8.89. The fraction of sp³-hybridized carbons (Fsp3) is 0.500. The van der Waals surface area contributed by atoms with Gasteiger partial charge in [-0.05, 0) is 36.6 Å². The standard InChI is InChI=1S/C20H27ClN2O2/c1-3-4-5-6-7-8-9-12-23-20(25)17(14-22)15(2)16-10-11-19(24)18(21)13-16/h10-11,13,24H,3-9,12H2,1-2H3,(H,23,25)/b17-15-. The van der Waals surface area contributed by atoms with Crippen LogP contribution in [0.3, 0.4) is 0 Å². The van der Waals surface area contributed by atoms with Gasteiger partial charge in [-0.1, -0.05) is 63.1 Å². The van der Waals surface area contributed by atoms with Crippen molar-refractivity contribution in [3.8, 4) is 11.8 Å². The van der Waals surface area contributed by atoms with Crippen LogP contribution in [-0.2, 0) is 4.79 Å². The van der Waals surface area contributed by atoms with E-state index in [0.29, 0.717) is 17.7 Å². The summed E-state index contributed by atoms with van der Waals surface area (Å²) < 4.78 is 0. The largest absolute Gasteiger partial charge is 0.506 e. The lowest BCUT2D eigenvalue weighted by Gasteiger charge is -2.09. The number of aromatic hydroxyl groups is 1. The van der Waals surface area contributed by atoms with Crippen molar-refractivity contribution in [3.05, 3.63) is 34.4 Å². The van der Waals surface area contributed by atoms with Gasteiger partial charge in [0.25, 0.3) is 5.91 Å². The van der Waals surface area contributed by atoms with Crippen LogP contribution in [0.5, 0.6) is 5.75 Å². The zero-order valence-corrected chi connectivity index (χ0v) is 15.8. The molecule has 25 heavy (non-hydrogen) atoms. The lowest BCUT2D eigenvalue weighted by Crippen LogP contribution is -2.26. The van der Waals surface area contributed by atoms with Gasteiger partial charge in [0.15, 0.2) is 0 Å². The van der Waals surface area contributed by atoms with Crippen molar-refractivity contribution in [2.75, 3.05) is 6.54 Å². The molecule has 1 amide bonds. The zero-order chi connectivity index (χ0) is 18.7. The number of nitrogens with zero attached hydrogens (tertiary/aromatic N) is 1. The molecule has 0 radical (unpaired) electrons. The molecule has 0 aliphatic heterocycles. The Morgan fingerprint density at radius 2 is 1.84 bits per heavy atom. The quantitative estimate of drug-likeness (QED) is 0.341. The molecule has 1 aromatic rings. The number of carbonyl (C=O) groups excluding carboxylic acids is 1. The molecule has 0 heterocycles. The van der Waals surface area contributed by atoms with Crippen molar-refractivity contribution < 1.29 is 9.90 Å². The average Bonchev–Trinajstić information content (AvgIpc) is 2.60. The number of hydrogen-bond donors (Lipinski definition) is 2. The number of allylic oxidation sites excluding steroid dienone is 1. The van der Waals surface area contributed by atoms with Crippen LogP contribution >= 0.6 is 11.6 Å². The highest BCUT2D eigenvalue weighted by atomic mass is 35.5. The number of phenols is 1. The summed E-state index contributed by atoms with van der Waals surface area (Å²) in [5, 5.41) is 21.8. The van der Waals surface area contributed by atoms with Crippen molar-refractivity contribution in [1.29, 1.82) is 5.26 Å². The predicted octanol–water partition coefficient (Wildman–Crippen LogP) is 5.21. The summed E-state index contributed by atoms with van der Waals surface area (Å²) in [7, 11) is 0. The van der Waals surface area contributed by atoms with Crippen LogP contribution < -0.4 is 5.32 Å². The van der Waals surface area contributed by atoms with Gasteiger partial charge in [0, 0.05) is 6.54 Å². The Labute approximate surface area is 155 Å². The summed E-state index contributed by atoms with van der Waals surface area (Å²) in [4.78, 5) is 12.2. The minimum absolute atomic E-state index is 0.0277. The SMILES string of the molecule is CCCCCCCCCNC(=O)/C(C#N)=C(/C)c1ccc(O)c(Cl)c1. The number of halogens is 1. The Bertz CT molecular complexity index is 648. The summed E-state index contributed by atoms with van der Waals surface area (Å²) in [6, 6.07) is 6.61. The molecule has 4 nitrogen and oxygen atoms in total. The van der Waals surface area contributed by atoms with Crippen molar-refractivity contribution in [1.82, 2.24) is 5.32 Å². The second-order valence-corrected chi connectivity index (χ2v) is 6.56. The second kappa shape index (κ2) is 11.5. The highest BCUT2D eigenvalue weighted by Gasteiger charge is 2.14. The van der Waals surface area contributed by atoms with Gasteiger partial charge in [-0.25, -0.2) is 0 Å². The normalized spacial score (nSPS) is 11.6. The molecular formula is C20H27ClN2O2. The summed E-state index contributed by atoms with van der Waals surface area (Å²) in [6.45, 7) is 4.47. The number of rotatable bonds is 10. The maximum Gasteiger partial charge on any atom is 0.262 e. The molecule has 1 rings (SSSR count). The van der Waals surface area contributed by atoms with Gasteiger partial charge in [-0.2, -0.15) is 5.26 Å². The number of phenolic OH excluding ortho intramolecular Hbond substituents is 1. The molecule has 0 spiro atoms. The van der Waals surface area contributed by atoms with E-state index >= 15 is 0 Å². The number of amides is 1. The fourth-order valence-electron chi connectivity index (χ4n) is 2.56. The lowest BCUT2D eigenvalue weighted by molar-refractivity contribution is -0.117. The van der Waals surface area contributed by atoms with Crippen LogP contribution in [0, 0.1) is 11.3 Å². The predicted molar refractivity (Wildman–Crippen MR) is 102 cm³/mol. The number of hydrogen-bond acceptors (Lipinski definition) is 3. The van der Waals surface area contributed by atoms with Gasteiger partial charge < -0.3 is 10.4 Å². The molecular weight excluding hydrogens is 336 g/mol. The van der Waals surface area contributed by atoms with E-state index in [1.807, 2.05) is 6.07 Å². The van der Waals surface area contributed by atoms with Gasteiger partial charge in [-0.15, -0.1) is 0 Å². The molecule has 0 aliphatic carbocycles. The molecule has 0 bridgehead atoms. The molecule has 0 fully saturated rings. The Morgan fingerprint density at radius 3 is 2.44 bits per heavy atom. The van der Waals surface area contributed by atoms with Crippen molar-refractivity contribution in [2.45, 2.75) is 58.8 Å². The van der Waals surface area contributed by atoms with E-state index in [4.69, 9.17) is 11.6 Å². The summed E-state index contributed by atoms with van der Waals surface area (Å²) in [5.74, 6) is -0.393. The van der Waals surface area contributed by atoms with Crippen LogP contribution in [0.1, 0.15) is 64.4 Å². The molecule has 0 aromatic heterocycles. The van der Waals surface area contributed by atoms with E-state index in [-0.39, 0.29) is 22.3 Å². The monoisotopic (exact) mass is 362 g/mol. The number of benzene rings is 1. The number of carbonyl (C=O) groups is 1. The van der Waals surface area contributed by atoms with Gasteiger partial charge >= 0.3 is 0 Å². The summed E-state index contributed by atoms with van der Waals surface area (Å²) >= 11 is 5.89. The molecule has 5 heteroatoms. The Balaban J connectivity index is 2.53. The van der Waals surface area contributed by atoms with Gasteiger partial charge in [0.2, 0.25) is 0 Å². The van der Waals surface area contributed by atoms with Crippen LogP contribution in [0.25, 0.3) is 5.57 Å². The first kappa shape index (κ1) is 21.1. The highest BCUT2D eigenvalue weighted by Crippen LogP contribution is 2.28. The van der Waals surface area contributed by atoms with Crippen molar-refractivity contribution in [2.24, 2.45) is 0 Å². The molecule has 0 aliphatic rings. The van der Waals surface area contributed by atoms with E-state index in [2.05, 4.69) is 12.2 Å². The highest BCUT2D eigenvalue weighted by molar-refractivity contribution is 6.32. The molecule has 2 N–H and O–H groups in total. The third-order valence-corrected chi connectivity index (χ3v) is 4.46. The fourth-order valence-corrected chi connectivity index (χ4v) is 2.74. The van der Waals surface area contributed by atoms with Gasteiger partial charge in [-0.3, -0.25) is 4.79 Å². The van der Waals surface area contributed by atoms with E-state index < -0.39 is 0 Å². The van der Waals surface area contributed by atoms with Crippen LogP contribution in [0.15, 0.2) is 23.8 Å². The molecule has 1 aromatic carbocycles. The number of unbranched alkanes of at least 4 members (excludes halogenated alkanes) is 6. The van der Waals surface area contributed by atoms with E-state index in [0.717, 1.165) is 12.8 Å². The Kier molecular flexibility index (Phi) is 9.72. The molecule has 0 unspecified atom stereocenters. The zero-order valence-electron chi connectivity index (χ0n) is 15.1. The molecule has 0 saturated heterocycles.